The zero-order valence-corrected chi connectivity index (χ0v) is 16.0. The van der Waals surface area contributed by atoms with E-state index in [0.717, 1.165) is 30.6 Å². The summed E-state index contributed by atoms with van der Waals surface area (Å²) in [4.78, 5) is 27.2. The molecule has 1 aromatic rings. The molecule has 8 aliphatic rings. The molecule has 5 heteroatoms. The van der Waals surface area contributed by atoms with Gasteiger partial charge >= 0.3 is 11.4 Å². The standard InChI is InChI=1S/C21H27N3O2/c1-19(2)8-5-6-20(19,3)9(7-8)22-17(25)23-15-11-10-12(11)16(24(23)18(22)26)21(4)13(10)14(15)21/h8-16H,5-7H2,1-4H3/t8-,9-,10+,11+,12-,13-,14+,15-,16-,20-,21+/m1/s1. The van der Waals surface area contributed by atoms with Gasteiger partial charge in [-0.2, -0.15) is 0 Å². The first-order valence-corrected chi connectivity index (χ1v) is 10.7. The van der Waals surface area contributed by atoms with Gasteiger partial charge in [-0.25, -0.2) is 23.5 Å². The summed E-state index contributed by atoms with van der Waals surface area (Å²) >= 11 is 0. The van der Waals surface area contributed by atoms with Gasteiger partial charge in [0.1, 0.15) is 0 Å². The molecule has 0 unspecified atom stereocenters. The predicted molar refractivity (Wildman–Crippen MR) is 94.8 cm³/mol. The van der Waals surface area contributed by atoms with Crippen LogP contribution in [0.2, 0.25) is 0 Å². The molecule has 0 spiro atoms. The summed E-state index contributed by atoms with van der Waals surface area (Å²) in [7, 11) is 0. The maximum Gasteiger partial charge on any atom is 0.347 e. The van der Waals surface area contributed by atoms with Crippen molar-refractivity contribution in [1.29, 1.82) is 0 Å². The molecule has 0 amide bonds. The van der Waals surface area contributed by atoms with Gasteiger partial charge in [0, 0.05) is 6.04 Å². The Morgan fingerprint density at radius 3 is 2.23 bits per heavy atom. The smallest absolute Gasteiger partial charge is 0.246 e. The number of aromatic nitrogens is 3. The third kappa shape index (κ3) is 0.926. The Morgan fingerprint density at radius 1 is 0.923 bits per heavy atom. The van der Waals surface area contributed by atoms with Gasteiger partial charge in [-0.15, -0.1) is 0 Å². The van der Waals surface area contributed by atoms with E-state index in [1.54, 1.807) is 4.57 Å². The van der Waals surface area contributed by atoms with E-state index in [9.17, 15) is 9.59 Å². The first-order chi connectivity index (χ1) is 12.3. The van der Waals surface area contributed by atoms with E-state index in [0.29, 0.717) is 35.3 Å². The van der Waals surface area contributed by atoms with Crippen molar-refractivity contribution in [2.45, 2.75) is 65.1 Å². The van der Waals surface area contributed by atoms with Crippen LogP contribution in [0.25, 0.3) is 0 Å². The number of hydrogen-bond donors (Lipinski definition) is 0. The zero-order chi connectivity index (χ0) is 17.7. The van der Waals surface area contributed by atoms with E-state index in [-0.39, 0.29) is 28.3 Å². The minimum absolute atomic E-state index is 0.0240. The number of hydrogen-bond acceptors (Lipinski definition) is 2. The third-order valence-electron chi connectivity index (χ3n) is 11.7. The maximum atomic E-state index is 13.6. The van der Waals surface area contributed by atoms with Crippen LogP contribution in [0.1, 0.15) is 65.1 Å². The molecule has 0 N–H and O–H groups in total. The zero-order valence-electron chi connectivity index (χ0n) is 16.0. The Bertz CT molecular complexity index is 1060. The van der Waals surface area contributed by atoms with Gasteiger partial charge in [-0.3, -0.25) is 0 Å². The molecular formula is C21H27N3O2. The van der Waals surface area contributed by atoms with Crippen molar-refractivity contribution in [1.82, 2.24) is 13.9 Å². The van der Waals surface area contributed by atoms with E-state index < -0.39 is 0 Å². The van der Waals surface area contributed by atoms with Crippen LogP contribution in [0.5, 0.6) is 0 Å². The van der Waals surface area contributed by atoms with Crippen LogP contribution in [0, 0.1) is 51.8 Å². The fraction of sp³-hybridized carbons (Fsp3) is 0.905. The Hall–Kier alpha value is -1.26. The molecule has 9 rings (SSSR count). The second-order valence-electron chi connectivity index (χ2n) is 11.8. The van der Waals surface area contributed by atoms with Gasteiger partial charge in [0.25, 0.3) is 0 Å². The maximum absolute atomic E-state index is 13.6. The summed E-state index contributed by atoms with van der Waals surface area (Å²) in [5.74, 6) is 4.40. The second kappa shape index (κ2) is 3.22. The Balaban J connectivity index is 1.38. The van der Waals surface area contributed by atoms with E-state index in [4.69, 9.17) is 0 Å². The summed E-state index contributed by atoms with van der Waals surface area (Å²) in [5, 5.41) is 0. The highest BCUT2D eigenvalue weighted by atomic mass is 16.2. The highest BCUT2D eigenvalue weighted by Crippen LogP contribution is 2.96. The fourth-order valence-electron chi connectivity index (χ4n) is 10.2. The minimum Gasteiger partial charge on any atom is -0.246 e. The topological polar surface area (TPSA) is 48.9 Å². The molecular weight excluding hydrogens is 326 g/mol. The predicted octanol–water partition coefficient (Wildman–Crippen LogP) is 2.44. The van der Waals surface area contributed by atoms with E-state index in [1.165, 1.54) is 6.42 Å². The van der Waals surface area contributed by atoms with Gasteiger partial charge in [0.15, 0.2) is 0 Å². The van der Waals surface area contributed by atoms with Crippen LogP contribution in [0.4, 0.5) is 0 Å². The lowest BCUT2D eigenvalue weighted by atomic mass is 9.69. The monoisotopic (exact) mass is 353 g/mol. The van der Waals surface area contributed by atoms with Crippen molar-refractivity contribution >= 4 is 0 Å². The summed E-state index contributed by atoms with van der Waals surface area (Å²) in [6.07, 6.45) is 3.41. The largest absolute Gasteiger partial charge is 0.347 e. The number of fused-ring (bicyclic) bond motifs is 2. The van der Waals surface area contributed by atoms with Gasteiger partial charge in [-0.1, -0.05) is 27.7 Å². The lowest BCUT2D eigenvalue weighted by molar-refractivity contribution is 0.0636. The molecule has 26 heavy (non-hydrogen) atoms. The first kappa shape index (κ1) is 13.8. The molecule has 6 aliphatic carbocycles. The number of nitrogens with zero attached hydrogens (tertiary/aromatic N) is 3. The average Bonchev–Trinajstić information content (AvgIpc) is 3.26. The third-order valence-corrected chi connectivity index (χ3v) is 11.7. The highest BCUT2D eigenvalue weighted by Gasteiger charge is 2.95. The summed E-state index contributed by atoms with van der Waals surface area (Å²) < 4.78 is 5.67. The highest BCUT2D eigenvalue weighted by molar-refractivity contribution is 5.42. The summed E-state index contributed by atoms with van der Waals surface area (Å²) in [5.41, 5.74) is 0.665. The molecule has 1 aromatic heterocycles. The van der Waals surface area contributed by atoms with Crippen LogP contribution < -0.4 is 11.4 Å². The molecule has 4 bridgehead atoms. The Kier molecular flexibility index (Phi) is 1.71. The average molecular weight is 353 g/mol. The van der Waals surface area contributed by atoms with Gasteiger partial charge in [-0.05, 0) is 71.0 Å². The first-order valence-electron chi connectivity index (χ1n) is 10.7. The van der Waals surface area contributed by atoms with Gasteiger partial charge < -0.3 is 0 Å². The molecule has 6 saturated carbocycles. The van der Waals surface area contributed by atoms with Crippen molar-refractivity contribution in [3.05, 3.63) is 21.0 Å². The van der Waals surface area contributed by atoms with Gasteiger partial charge in [0.2, 0.25) is 0 Å². The molecule has 138 valence electrons. The van der Waals surface area contributed by atoms with Crippen molar-refractivity contribution in [2.75, 3.05) is 0 Å². The molecule has 0 radical (unpaired) electrons. The SMILES string of the molecule is CC1(C)[C@@H]2CC[C@]1(C)[C@H](n1c(=O)n3n(c1=O)[C@@H]1[C@H]4[C@@H]5[C@@H]4[C@@H]4[C@@H]([C@@H]53)[C@]41C)C2. The Labute approximate surface area is 152 Å². The van der Waals surface area contributed by atoms with Crippen LogP contribution >= 0.6 is 0 Å². The minimum atomic E-state index is 0.0240. The molecule has 3 heterocycles. The molecule has 6 fully saturated rings. The van der Waals surface area contributed by atoms with Crippen molar-refractivity contribution in [3.63, 3.8) is 0 Å². The molecule has 0 saturated heterocycles. The summed E-state index contributed by atoms with van der Waals surface area (Å²) in [6, 6.07) is 0.748. The normalized spacial score (nSPS) is 62.7. The number of rotatable bonds is 1. The Morgan fingerprint density at radius 2 is 1.65 bits per heavy atom. The van der Waals surface area contributed by atoms with Crippen LogP contribution in [0.3, 0.4) is 0 Å². The van der Waals surface area contributed by atoms with Crippen molar-refractivity contribution < 1.29 is 0 Å². The van der Waals surface area contributed by atoms with E-state index in [2.05, 4.69) is 27.7 Å². The molecule has 2 aliphatic heterocycles. The molecule has 0 aromatic carbocycles. The molecule has 5 nitrogen and oxygen atoms in total. The molecule has 11 atom stereocenters. The van der Waals surface area contributed by atoms with Crippen LogP contribution in [-0.2, 0) is 0 Å². The quantitative estimate of drug-likeness (QED) is 0.779. The van der Waals surface area contributed by atoms with Crippen LogP contribution in [0.15, 0.2) is 9.59 Å². The van der Waals surface area contributed by atoms with E-state index >= 15 is 0 Å². The van der Waals surface area contributed by atoms with E-state index in [1.807, 2.05) is 9.36 Å². The van der Waals surface area contributed by atoms with Gasteiger partial charge in [0.05, 0.1) is 12.1 Å². The van der Waals surface area contributed by atoms with Crippen molar-refractivity contribution in [2.24, 2.45) is 51.8 Å². The van der Waals surface area contributed by atoms with Crippen LogP contribution in [-0.4, -0.2) is 13.9 Å². The fourth-order valence-corrected chi connectivity index (χ4v) is 10.2. The van der Waals surface area contributed by atoms with Crippen molar-refractivity contribution in [3.8, 4) is 0 Å². The lowest BCUT2D eigenvalue weighted by Gasteiger charge is -2.41. The lowest BCUT2D eigenvalue weighted by Crippen LogP contribution is -2.48. The second-order valence-corrected chi connectivity index (χ2v) is 11.8. The summed E-state index contributed by atoms with van der Waals surface area (Å²) in [6.45, 7) is 9.47.